The van der Waals surface area contributed by atoms with E-state index in [0.717, 1.165) is 6.07 Å². The molecule has 0 saturated heterocycles. The molecule has 108 valence electrons. The minimum absolute atomic E-state index is 0.0563. The first-order valence-electron chi connectivity index (χ1n) is 6.14. The van der Waals surface area contributed by atoms with E-state index < -0.39 is 29.1 Å². The molecule has 2 unspecified atom stereocenters. The summed E-state index contributed by atoms with van der Waals surface area (Å²) in [5.41, 5.74) is 1.55. The van der Waals surface area contributed by atoms with Gasteiger partial charge in [-0.15, -0.1) is 0 Å². The monoisotopic (exact) mass is 276 g/mol. The van der Waals surface area contributed by atoms with Crippen molar-refractivity contribution in [2.45, 2.75) is 38.8 Å². The zero-order valence-electron chi connectivity index (χ0n) is 11.3. The Morgan fingerprint density at radius 1 is 1.26 bits per heavy atom. The molecule has 0 radical (unpaired) electrons. The Bertz CT molecular complexity index is 442. The SMILES string of the molecule is CCOC(C)(CC)C(NN)c1ccc(F)c(F)c1F. The van der Waals surface area contributed by atoms with Gasteiger partial charge in [0, 0.05) is 12.2 Å². The molecule has 0 heterocycles. The van der Waals surface area contributed by atoms with Crippen molar-refractivity contribution in [3.63, 3.8) is 0 Å². The van der Waals surface area contributed by atoms with Crippen molar-refractivity contribution in [3.8, 4) is 0 Å². The van der Waals surface area contributed by atoms with Crippen LogP contribution in [-0.2, 0) is 4.74 Å². The summed E-state index contributed by atoms with van der Waals surface area (Å²) in [6.45, 7) is 5.77. The van der Waals surface area contributed by atoms with Gasteiger partial charge in [0.2, 0.25) is 0 Å². The Balaban J connectivity index is 3.27. The van der Waals surface area contributed by atoms with Crippen LogP contribution in [0.2, 0.25) is 0 Å². The Hall–Kier alpha value is -1.11. The highest BCUT2D eigenvalue weighted by atomic mass is 19.2. The van der Waals surface area contributed by atoms with Gasteiger partial charge in [0.25, 0.3) is 0 Å². The lowest BCUT2D eigenvalue weighted by atomic mass is 9.87. The van der Waals surface area contributed by atoms with Crippen molar-refractivity contribution in [1.29, 1.82) is 0 Å². The quantitative estimate of drug-likeness (QED) is 0.477. The van der Waals surface area contributed by atoms with Gasteiger partial charge in [-0.2, -0.15) is 0 Å². The number of halogens is 3. The summed E-state index contributed by atoms with van der Waals surface area (Å²) in [6.07, 6.45) is 0.522. The molecule has 1 rings (SSSR count). The maximum Gasteiger partial charge on any atom is 0.194 e. The van der Waals surface area contributed by atoms with Crippen LogP contribution in [0.15, 0.2) is 12.1 Å². The molecule has 0 aromatic heterocycles. The Kier molecular flexibility index (Phi) is 5.34. The number of nitrogens with one attached hydrogen (secondary N) is 1. The summed E-state index contributed by atoms with van der Waals surface area (Å²) in [6, 6.07) is 1.26. The van der Waals surface area contributed by atoms with Gasteiger partial charge in [-0.1, -0.05) is 13.0 Å². The summed E-state index contributed by atoms with van der Waals surface area (Å²) < 4.78 is 45.7. The molecule has 0 fully saturated rings. The fourth-order valence-corrected chi connectivity index (χ4v) is 2.08. The highest BCUT2D eigenvalue weighted by Crippen LogP contribution is 2.34. The Morgan fingerprint density at radius 3 is 2.37 bits per heavy atom. The zero-order chi connectivity index (χ0) is 14.6. The molecule has 3 N–H and O–H groups in total. The van der Waals surface area contributed by atoms with E-state index in [1.54, 1.807) is 13.8 Å². The number of ether oxygens (including phenoxy) is 1. The second-order valence-corrected chi connectivity index (χ2v) is 4.46. The molecule has 1 aromatic carbocycles. The van der Waals surface area contributed by atoms with Gasteiger partial charge < -0.3 is 4.74 Å². The van der Waals surface area contributed by atoms with E-state index in [9.17, 15) is 13.2 Å². The first kappa shape index (κ1) is 15.9. The summed E-state index contributed by atoms with van der Waals surface area (Å²) >= 11 is 0. The molecule has 0 saturated carbocycles. The smallest absolute Gasteiger partial charge is 0.194 e. The standard InChI is InChI=1S/C13H19F3N2O/c1-4-13(3,19-5-2)12(18-17)8-6-7-9(14)11(16)10(8)15/h6-7,12,18H,4-5,17H2,1-3H3. The lowest BCUT2D eigenvalue weighted by Crippen LogP contribution is -2.46. The fraction of sp³-hybridized carbons (Fsp3) is 0.538. The van der Waals surface area contributed by atoms with Crippen LogP contribution in [-0.4, -0.2) is 12.2 Å². The molecule has 2 atom stereocenters. The normalized spacial score (nSPS) is 16.2. The first-order valence-corrected chi connectivity index (χ1v) is 6.14. The lowest BCUT2D eigenvalue weighted by molar-refractivity contribution is -0.0572. The van der Waals surface area contributed by atoms with E-state index in [-0.39, 0.29) is 5.56 Å². The van der Waals surface area contributed by atoms with Gasteiger partial charge in [0.1, 0.15) is 0 Å². The van der Waals surface area contributed by atoms with Crippen molar-refractivity contribution >= 4 is 0 Å². The van der Waals surface area contributed by atoms with Crippen molar-refractivity contribution in [3.05, 3.63) is 35.1 Å². The molecular formula is C13H19F3N2O. The topological polar surface area (TPSA) is 47.3 Å². The predicted molar refractivity (Wildman–Crippen MR) is 66.7 cm³/mol. The van der Waals surface area contributed by atoms with Gasteiger partial charge in [0.15, 0.2) is 17.5 Å². The van der Waals surface area contributed by atoms with E-state index in [2.05, 4.69) is 5.43 Å². The maximum atomic E-state index is 13.8. The number of hydrazine groups is 1. The highest BCUT2D eigenvalue weighted by molar-refractivity contribution is 5.26. The van der Waals surface area contributed by atoms with E-state index in [1.807, 2.05) is 6.92 Å². The first-order chi connectivity index (χ1) is 8.91. The maximum absolute atomic E-state index is 13.8. The van der Waals surface area contributed by atoms with E-state index >= 15 is 0 Å². The third-order valence-corrected chi connectivity index (χ3v) is 3.33. The van der Waals surface area contributed by atoms with Crippen molar-refractivity contribution in [1.82, 2.24) is 5.43 Å². The van der Waals surface area contributed by atoms with Crippen LogP contribution in [0.3, 0.4) is 0 Å². The zero-order valence-corrected chi connectivity index (χ0v) is 11.3. The number of hydrogen-bond donors (Lipinski definition) is 2. The van der Waals surface area contributed by atoms with Crippen LogP contribution < -0.4 is 11.3 Å². The Labute approximate surface area is 110 Å². The molecule has 0 aliphatic carbocycles. The third kappa shape index (κ3) is 3.08. The number of benzene rings is 1. The van der Waals surface area contributed by atoms with Crippen LogP contribution in [0.5, 0.6) is 0 Å². The number of rotatable bonds is 6. The molecule has 19 heavy (non-hydrogen) atoms. The molecule has 0 spiro atoms. The molecule has 6 heteroatoms. The van der Waals surface area contributed by atoms with Crippen LogP contribution in [0, 0.1) is 17.5 Å². The summed E-state index contributed by atoms with van der Waals surface area (Å²) in [5.74, 6) is 1.46. The molecule has 3 nitrogen and oxygen atoms in total. The van der Waals surface area contributed by atoms with E-state index in [1.165, 1.54) is 6.07 Å². The fourth-order valence-electron chi connectivity index (χ4n) is 2.08. The molecule has 0 aliphatic heterocycles. The summed E-state index contributed by atoms with van der Waals surface area (Å²) in [4.78, 5) is 0. The van der Waals surface area contributed by atoms with Gasteiger partial charge in [0.05, 0.1) is 11.6 Å². The van der Waals surface area contributed by atoms with Crippen molar-refractivity contribution in [2.24, 2.45) is 5.84 Å². The van der Waals surface area contributed by atoms with E-state index in [4.69, 9.17) is 10.6 Å². The second-order valence-electron chi connectivity index (χ2n) is 4.46. The predicted octanol–water partition coefficient (Wildman–Crippen LogP) is 2.81. The van der Waals surface area contributed by atoms with E-state index in [0.29, 0.717) is 13.0 Å². The second kappa shape index (κ2) is 6.36. The minimum atomic E-state index is -1.51. The van der Waals surface area contributed by atoms with Gasteiger partial charge in [-0.05, 0) is 26.3 Å². The van der Waals surface area contributed by atoms with Gasteiger partial charge >= 0.3 is 0 Å². The molecule has 0 aliphatic rings. The molecule has 1 aromatic rings. The summed E-state index contributed by atoms with van der Waals surface area (Å²) in [7, 11) is 0. The number of nitrogens with two attached hydrogens (primary N) is 1. The largest absolute Gasteiger partial charge is 0.374 e. The molecule has 0 bridgehead atoms. The third-order valence-electron chi connectivity index (χ3n) is 3.33. The summed E-state index contributed by atoms with van der Waals surface area (Å²) in [5, 5.41) is 0. The average Bonchev–Trinajstić information content (AvgIpc) is 2.39. The van der Waals surface area contributed by atoms with Crippen LogP contribution in [0.4, 0.5) is 13.2 Å². The van der Waals surface area contributed by atoms with Crippen molar-refractivity contribution in [2.75, 3.05) is 6.61 Å². The number of hydrogen-bond acceptors (Lipinski definition) is 3. The van der Waals surface area contributed by atoms with Crippen LogP contribution in [0.25, 0.3) is 0 Å². The average molecular weight is 276 g/mol. The molecule has 0 amide bonds. The lowest BCUT2D eigenvalue weighted by Gasteiger charge is -2.36. The van der Waals surface area contributed by atoms with Crippen LogP contribution >= 0.6 is 0 Å². The van der Waals surface area contributed by atoms with Crippen LogP contribution in [0.1, 0.15) is 38.8 Å². The molecular weight excluding hydrogens is 257 g/mol. The Morgan fingerprint density at radius 2 is 1.89 bits per heavy atom. The van der Waals surface area contributed by atoms with Crippen molar-refractivity contribution < 1.29 is 17.9 Å². The van der Waals surface area contributed by atoms with Gasteiger partial charge in [-0.3, -0.25) is 5.84 Å². The minimum Gasteiger partial charge on any atom is -0.374 e. The highest BCUT2D eigenvalue weighted by Gasteiger charge is 2.36. The van der Waals surface area contributed by atoms with Gasteiger partial charge in [-0.25, -0.2) is 18.6 Å².